The van der Waals surface area contributed by atoms with E-state index in [1.165, 1.54) is 4.90 Å². The van der Waals surface area contributed by atoms with E-state index in [0.717, 1.165) is 6.29 Å². The first-order valence-electron chi connectivity index (χ1n) is 6.69. The van der Waals surface area contributed by atoms with E-state index < -0.39 is 12.1 Å². The van der Waals surface area contributed by atoms with E-state index in [0.29, 0.717) is 22.9 Å². The van der Waals surface area contributed by atoms with Crippen LogP contribution in [-0.2, 0) is 9.59 Å². The molecule has 0 aromatic heterocycles. The van der Waals surface area contributed by atoms with Crippen molar-refractivity contribution in [3.63, 3.8) is 0 Å². The first-order chi connectivity index (χ1) is 10.4. The van der Waals surface area contributed by atoms with Crippen LogP contribution in [0.4, 0.5) is 16.2 Å². The van der Waals surface area contributed by atoms with Gasteiger partial charge in [-0.2, -0.15) is 0 Å². The second-order valence-corrected chi connectivity index (χ2v) is 5.37. The van der Waals surface area contributed by atoms with E-state index in [4.69, 9.17) is 16.7 Å². The summed E-state index contributed by atoms with van der Waals surface area (Å²) in [5, 5.41) is 11.6. The zero-order valence-corrected chi connectivity index (χ0v) is 12.7. The molecule has 0 unspecified atom stereocenters. The van der Waals surface area contributed by atoms with Crippen molar-refractivity contribution in [1.29, 1.82) is 0 Å². The zero-order chi connectivity index (χ0) is 16.3. The number of anilines is 2. The third kappa shape index (κ3) is 3.30. The summed E-state index contributed by atoms with van der Waals surface area (Å²) in [5.41, 5.74) is 1.25. The lowest BCUT2D eigenvalue weighted by Gasteiger charge is -2.34. The molecule has 0 aliphatic carbocycles. The molecule has 1 aliphatic heterocycles. The molecule has 2 rings (SSSR count). The number of hydrogen-bond donors (Lipinski definition) is 2. The van der Waals surface area contributed by atoms with Crippen molar-refractivity contribution in [2.24, 2.45) is 0 Å². The van der Waals surface area contributed by atoms with Gasteiger partial charge in [-0.3, -0.25) is 4.79 Å². The van der Waals surface area contributed by atoms with Crippen LogP contribution in [0.5, 0.6) is 0 Å². The molecule has 0 spiro atoms. The lowest BCUT2D eigenvalue weighted by atomic mass is 10.1. The average molecular weight is 326 g/mol. The first-order valence-corrected chi connectivity index (χ1v) is 7.07. The van der Waals surface area contributed by atoms with Gasteiger partial charge in [-0.1, -0.05) is 11.6 Å². The molecule has 1 aliphatic rings. The van der Waals surface area contributed by atoms with Crippen LogP contribution in [-0.4, -0.2) is 49.6 Å². The fraction of sp³-hybridized carbons (Fsp3) is 0.357. The van der Waals surface area contributed by atoms with E-state index in [9.17, 15) is 14.4 Å². The zero-order valence-electron chi connectivity index (χ0n) is 12.0. The number of nitrogens with one attached hydrogen (secondary N) is 1. The number of nitrogens with zero attached hydrogens (tertiary/aromatic N) is 2. The molecule has 1 aromatic rings. The van der Waals surface area contributed by atoms with Crippen molar-refractivity contribution >= 4 is 41.3 Å². The van der Waals surface area contributed by atoms with Gasteiger partial charge in [-0.25, -0.2) is 4.79 Å². The number of likely N-dealkylation sites (N-methyl/N-ethyl adjacent to an activating group) is 1. The minimum absolute atomic E-state index is 0.134. The number of carbonyl (C=O) groups excluding carboxylic acids is 2. The molecular formula is C14H16ClN3O4. The monoisotopic (exact) mass is 325 g/mol. The number of rotatable bonds is 3. The highest BCUT2D eigenvalue weighted by Crippen LogP contribution is 2.33. The quantitative estimate of drug-likeness (QED) is 0.819. The van der Waals surface area contributed by atoms with Crippen LogP contribution in [0.1, 0.15) is 6.42 Å². The van der Waals surface area contributed by atoms with Gasteiger partial charge in [0.15, 0.2) is 0 Å². The molecule has 0 saturated carbocycles. The van der Waals surface area contributed by atoms with Crippen LogP contribution < -0.4 is 15.1 Å². The maximum atomic E-state index is 12.4. The van der Waals surface area contributed by atoms with Crippen LogP contribution in [0.2, 0.25) is 5.02 Å². The van der Waals surface area contributed by atoms with Crippen molar-refractivity contribution in [1.82, 2.24) is 5.32 Å². The summed E-state index contributed by atoms with van der Waals surface area (Å²) in [6, 6.07) is 4.15. The van der Waals surface area contributed by atoms with E-state index in [2.05, 4.69) is 5.32 Å². The predicted molar refractivity (Wildman–Crippen MR) is 82.7 cm³/mol. The van der Waals surface area contributed by atoms with Gasteiger partial charge in [0.1, 0.15) is 12.3 Å². The molecule has 22 heavy (non-hydrogen) atoms. The Bertz CT molecular complexity index is 608. The summed E-state index contributed by atoms with van der Waals surface area (Å²) >= 11 is 6.01. The fourth-order valence-electron chi connectivity index (χ4n) is 2.48. The van der Waals surface area contributed by atoms with Crippen LogP contribution >= 0.6 is 11.6 Å². The topological polar surface area (TPSA) is 89.9 Å². The molecule has 0 bridgehead atoms. The summed E-state index contributed by atoms with van der Waals surface area (Å²) in [4.78, 5) is 37.3. The first kappa shape index (κ1) is 16.1. The predicted octanol–water partition coefficient (Wildman–Crippen LogP) is 1.35. The van der Waals surface area contributed by atoms with Crippen molar-refractivity contribution in [3.05, 3.63) is 23.2 Å². The second kappa shape index (κ2) is 6.65. The van der Waals surface area contributed by atoms with E-state index in [-0.39, 0.29) is 18.9 Å². The van der Waals surface area contributed by atoms with Gasteiger partial charge < -0.3 is 25.0 Å². The Kier molecular flexibility index (Phi) is 4.87. The highest BCUT2D eigenvalue weighted by molar-refractivity contribution is 6.31. The molecule has 1 atom stereocenters. The van der Waals surface area contributed by atoms with Gasteiger partial charge >= 0.3 is 6.09 Å². The van der Waals surface area contributed by atoms with Gasteiger partial charge in [0.05, 0.1) is 17.9 Å². The highest BCUT2D eigenvalue weighted by Gasteiger charge is 2.30. The summed E-state index contributed by atoms with van der Waals surface area (Å²) in [6.45, 7) is 0.492. The Labute approximate surface area is 132 Å². The molecular weight excluding hydrogens is 310 g/mol. The molecule has 1 aromatic carbocycles. The van der Waals surface area contributed by atoms with Crippen molar-refractivity contribution in [2.45, 2.75) is 12.5 Å². The maximum absolute atomic E-state index is 12.4. The molecule has 0 saturated heterocycles. The maximum Gasteiger partial charge on any atom is 0.405 e. The third-order valence-electron chi connectivity index (χ3n) is 3.55. The summed E-state index contributed by atoms with van der Waals surface area (Å²) in [6.07, 6.45) is -0.242. The Hall–Kier alpha value is -2.28. The minimum atomic E-state index is -1.26. The van der Waals surface area contributed by atoms with Crippen LogP contribution in [0.15, 0.2) is 18.2 Å². The lowest BCUT2D eigenvalue weighted by Crippen LogP contribution is -2.50. The van der Waals surface area contributed by atoms with Crippen LogP contribution in [0, 0.1) is 0 Å². The molecule has 2 N–H and O–H groups in total. The molecule has 1 heterocycles. The van der Waals surface area contributed by atoms with E-state index >= 15 is 0 Å². The Morgan fingerprint density at radius 1 is 1.50 bits per heavy atom. The molecule has 7 nitrogen and oxygen atoms in total. The molecule has 118 valence electrons. The van der Waals surface area contributed by atoms with Crippen molar-refractivity contribution in [2.75, 3.05) is 29.9 Å². The molecule has 8 heteroatoms. The minimum Gasteiger partial charge on any atom is -0.465 e. The normalized spacial score (nSPS) is 18.3. The van der Waals surface area contributed by atoms with Gasteiger partial charge in [0, 0.05) is 18.6 Å². The van der Waals surface area contributed by atoms with Gasteiger partial charge in [0.25, 0.3) is 0 Å². The SMILES string of the molecule is CN1C(=O)[C@@H](NC(=O)O)CCN(CC=O)c2cc(Cl)ccc21. The van der Waals surface area contributed by atoms with Gasteiger partial charge in [0.2, 0.25) is 5.91 Å². The number of benzene rings is 1. The van der Waals surface area contributed by atoms with Crippen LogP contribution in [0.3, 0.4) is 0 Å². The Morgan fingerprint density at radius 2 is 2.23 bits per heavy atom. The highest BCUT2D eigenvalue weighted by atomic mass is 35.5. The molecule has 2 amide bonds. The molecule has 0 radical (unpaired) electrons. The summed E-state index contributed by atoms with van der Waals surface area (Å²) in [7, 11) is 1.57. The lowest BCUT2D eigenvalue weighted by molar-refractivity contribution is -0.120. The van der Waals surface area contributed by atoms with E-state index in [1.807, 2.05) is 0 Å². The Morgan fingerprint density at radius 3 is 2.86 bits per heavy atom. The second-order valence-electron chi connectivity index (χ2n) is 4.93. The number of halogens is 1. The number of carboxylic acid groups (broad SMARTS) is 1. The number of amides is 2. The van der Waals surface area contributed by atoms with Crippen LogP contribution in [0.25, 0.3) is 0 Å². The molecule has 0 fully saturated rings. The van der Waals surface area contributed by atoms with Gasteiger partial charge in [-0.05, 0) is 24.6 Å². The van der Waals surface area contributed by atoms with E-state index in [1.54, 1.807) is 30.1 Å². The number of aldehydes is 1. The number of carbonyl (C=O) groups is 3. The standard InChI is InChI=1S/C14H16ClN3O4/c1-17-11-3-2-9(15)8-12(11)18(6-7-19)5-4-10(13(17)20)16-14(21)22/h2-3,7-8,10,16H,4-6H2,1H3,(H,21,22)/t10-/m0/s1. The summed E-state index contributed by atoms with van der Waals surface area (Å²) in [5.74, 6) is -0.350. The van der Waals surface area contributed by atoms with Crippen molar-refractivity contribution < 1.29 is 19.5 Å². The third-order valence-corrected chi connectivity index (χ3v) is 3.78. The number of fused-ring (bicyclic) bond motifs is 1. The largest absolute Gasteiger partial charge is 0.465 e. The smallest absolute Gasteiger partial charge is 0.405 e. The summed E-state index contributed by atoms with van der Waals surface area (Å²) < 4.78 is 0. The van der Waals surface area contributed by atoms with Crippen molar-refractivity contribution in [3.8, 4) is 0 Å². The Balaban J connectivity index is 2.44. The average Bonchev–Trinajstić information content (AvgIpc) is 2.47. The number of hydrogen-bond acceptors (Lipinski definition) is 4. The van der Waals surface area contributed by atoms with Gasteiger partial charge in [-0.15, -0.1) is 0 Å². The fourth-order valence-corrected chi connectivity index (χ4v) is 2.64.